The van der Waals surface area contributed by atoms with E-state index in [2.05, 4.69) is 58.9 Å². The van der Waals surface area contributed by atoms with Gasteiger partial charge in [-0.3, -0.25) is 9.98 Å². The van der Waals surface area contributed by atoms with Gasteiger partial charge in [-0.25, -0.2) is 4.98 Å². The largest absolute Gasteiger partial charge is 0.251 e. The zero-order chi connectivity index (χ0) is 22.5. The number of hydrogen-bond acceptors (Lipinski definition) is 3. The summed E-state index contributed by atoms with van der Waals surface area (Å²) < 4.78 is 0. The van der Waals surface area contributed by atoms with Crippen LogP contribution in [0.5, 0.6) is 0 Å². The Kier molecular flexibility index (Phi) is 7.17. The van der Waals surface area contributed by atoms with Crippen molar-refractivity contribution in [3.05, 3.63) is 88.7 Å². The highest BCUT2D eigenvalue weighted by molar-refractivity contribution is 6.02. The Morgan fingerprint density at radius 3 is 1.74 bits per heavy atom. The van der Waals surface area contributed by atoms with E-state index in [1.807, 2.05) is 50.2 Å². The molecule has 2 aromatic carbocycles. The molecule has 0 fully saturated rings. The highest BCUT2D eigenvalue weighted by Gasteiger charge is 2.14. The summed E-state index contributed by atoms with van der Waals surface area (Å²) in [7, 11) is 0. The molecule has 1 aromatic heterocycles. The molecule has 3 aromatic rings. The number of nitrogens with zero attached hydrogens (tertiary/aromatic N) is 3. The van der Waals surface area contributed by atoms with Crippen molar-refractivity contribution in [3.8, 4) is 0 Å². The summed E-state index contributed by atoms with van der Waals surface area (Å²) >= 11 is 0. The molecule has 3 rings (SSSR count). The predicted octanol–water partition coefficient (Wildman–Crippen LogP) is 7.92. The normalized spacial score (nSPS) is 12.7. The molecule has 0 N–H and O–H groups in total. The number of hydrogen-bond donors (Lipinski definition) is 0. The molecule has 160 valence electrons. The van der Waals surface area contributed by atoms with Crippen molar-refractivity contribution in [3.63, 3.8) is 0 Å². The van der Waals surface area contributed by atoms with Gasteiger partial charge in [-0.15, -0.1) is 0 Å². The lowest BCUT2D eigenvalue weighted by molar-refractivity contribution is 0.834. The van der Waals surface area contributed by atoms with Crippen LogP contribution >= 0.6 is 0 Å². The third kappa shape index (κ3) is 5.35. The van der Waals surface area contributed by atoms with Crippen molar-refractivity contribution < 1.29 is 0 Å². The maximum Gasteiger partial charge on any atom is 0.0849 e. The molecule has 0 aliphatic carbocycles. The number of aryl methyl sites for hydroxylation is 1. The van der Waals surface area contributed by atoms with Crippen LogP contribution in [0.2, 0.25) is 0 Å². The van der Waals surface area contributed by atoms with E-state index < -0.39 is 0 Å². The van der Waals surface area contributed by atoms with Gasteiger partial charge in [-0.05, 0) is 67.5 Å². The second-order valence-electron chi connectivity index (χ2n) is 8.68. The second kappa shape index (κ2) is 9.82. The van der Waals surface area contributed by atoms with Crippen LogP contribution in [0.3, 0.4) is 0 Å². The maximum absolute atomic E-state index is 5.08. The second-order valence-corrected chi connectivity index (χ2v) is 8.68. The summed E-state index contributed by atoms with van der Waals surface area (Å²) in [6.45, 7) is 15.0. The first-order valence-corrected chi connectivity index (χ1v) is 11.0. The van der Waals surface area contributed by atoms with Crippen LogP contribution in [-0.2, 0) is 0 Å². The van der Waals surface area contributed by atoms with Crippen LogP contribution in [0.15, 0.2) is 70.6 Å². The molecule has 0 spiro atoms. The van der Waals surface area contributed by atoms with Crippen molar-refractivity contribution in [2.24, 2.45) is 9.98 Å². The van der Waals surface area contributed by atoms with Gasteiger partial charge in [0.1, 0.15) is 0 Å². The monoisotopic (exact) mass is 411 g/mol. The number of rotatable bonds is 6. The van der Waals surface area contributed by atoms with E-state index in [-0.39, 0.29) is 0 Å². The molecule has 0 aliphatic rings. The summed E-state index contributed by atoms with van der Waals surface area (Å²) in [6.07, 6.45) is 0. The summed E-state index contributed by atoms with van der Waals surface area (Å²) in [6, 6.07) is 20.7. The van der Waals surface area contributed by atoms with E-state index in [0.717, 1.165) is 39.7 Å². The van der Waals surface area contributed by atoms with E-state index in [0.29, 0.717) is 11.8 Å². The van der Waals surface area contributed by atoms with Gasteiger partial charge in [-0.2, -0.15) is 0 Å². The van der Waals surface area contributed by atoms with Gasteiger partial charge in [0.05, 0.1) is 34.2 Å². The molecule has 0 atom stereocenters. The zero-order valence-corrected chi connectivity index (χ0v) is 19.8. The van der Waals surface area contributed by atoms with Gasteiger partial charge in [0.15, 0.2) is 0 Å². The number of aliphatic imine (C=N–C) groups is 2. The topological polar surface area (TPSA) is 37.6 Å². The van der Waals surface area contributed by atoms with Gasteiger partial charge in [0.25, 0.3) is 0 Å². The van der Waals surface area contributed by atoms with E-state index in [1.54, 1.807) is 0 Å². The van der Waals surface area contributed by atoms with Crippen molar-refractivity contribution in [1.82, 2.24) is 4.98 Å². The van der Waals surface area contributed by atoms with Crippen molar-refractivity contribution >= 4 is 22.8 Å². The third-order valence-corrected chi connectivity index (χ3v) is 5.52. The fourth-order valence-corrected chi connectivity index (χ4v) is 3.63. The lowest BCUT2D eigenvalue weighted by Crippen LogP contribution is -2.06. The van der Waals surface area contributed by atoms with E-state index in [4.69, 9.17) is 15.0 Å². The molecule has 0 aliphatic heterocycles. The first-order valence-electron chi connectivity index (χ1n) is 11.0. The van der Waals surface area contributed by atoms with Gasteiger partial charge in [0, 0.05) is 0 Å². The molecular weight excluding hydrogens is 378 g/mol. The SMILES string of the molecule is CC(=Nc1ccccc1C)c1cccc(C(C)=Nc2c(C(C)C)cccc2C(C)C)n1. The minimum atomic E-state index is 0.410. The lowest BCUT2D eigenvalue weighted by Gasteiger charge is -2.17. The van der Waals surface area contributed by atoms with Crippen LogP contribution in [-0.4, -0.2) is 16.4 Å². The van der Waals surface area contributed by atoms with Crippen LogP contribution in [0, 0.1) is 6.92 Å². The van der Waals surface area contributed by atoms with Gasteiger partial charge in [0.2, 0.25) is 0 Å². The van der Waals surface area contributed by atoms with Gasteiger partial charge in [-0.1, -0.05) is 70.2 Å². The standard InChI is InChI=1S/C28H33N3/c1-18(2)23-13-10-14-24(19(3)4)28(23)30-22(7)27-17-11-16-26(31-27)21(6)29-25-15-9-8-12-20(25)5/h8-19H,1-7H3. The van der Waals surface area contributed by atoms with Gasteiger partial charge >= 0.3 is 0 Å². The summed E-state index contributed by atoms with van der Waals surface area (Å²) in [4.78, 5) is 14.8. The molecular formula is C28H33N3. The quantitative estimate of drug-likeness (QED) is 0.380. The Labute approximate surface area is 187 Å². The van der Waals surface area contributed by atoms with Crippen LogP contribution < -0.4 is 0 Å². The van der Waals surface area contributed by atoms with E-state index in [1.165, 1.54) is 11.1 Å². The molecule has 3 nitrogen and oxygen atoms in total. The van der Waals surface area contributed by atoms with Crippen molar-refractivity contribution in [2.45, 2.75) is 60.3 Å². The van der Waals surface area contributed by atoms with Crippen LogP contribution in [0.1, 0.15) is 81.5 Å². The van der Waals surface area contributed by atoms with Gasteiger partial charge < -0.3 is 0 Å². The smallest absolute Gasteiger partial charge is 0.0849 e. The number of pyridine rings is 1. The lowest BCUT2D eigenvalue weighted by atomic mass is 9.93. The Balaban J connectivity index is 2.02. The average Bonchev–Trinajstić information content (AvgIpc) is 2.75. The maximum atomic E-state index is 5.08. The zero-order valence-electron chi connectivity index (χ0n) is 19.8. The Morgan fingerprint density at radius 1 is 0.677 bits per heavy atom. The molecule has 0 radical (unpaired) electrons. The number of benzene rings is 2. The molecule has 1 heterocycles. The molecule has 0 bridgehead atoms. The van der Waals surface area contributed by atoms with Crippen LogP contribution in [0.25, 0.3) is 0 Å². The third-order valence-electron chi connectivity index (χ3n) is 5.52. The molecule has 0 saturated carbocycles. The van der Waals surface area contributed by atoms with E-state index >= 15 is 0 Å². The molecule has 0 saturated heterocycles. The first kappa shape index (κ1) is 22.6. The predicted molar refractivity (Wildman–Crippen MR) is 134 cm³/mol. The number of aromatic nitrogens is 1. The van der Waals surface area contributed by atoms with E-state index in [9.17, 15) is 0 Å². The van der Waals surface area contributed by atoms with Crippen molar-refractivity contribution in [2.75, 3.05) is 0 Å². The molecule has 0 amide bonds. The average molecular weight is 412 g/mol. The summed E-state index contributed by atoms with van der Waals surface area (Å²) in [5, 5.41) is 0. The van der Waals surface area contributed by atoms with Crippen molar-refractivity contribution in [1.29, 1.82) is 0 Å². The fraction of sp³-hybridized carbons (Fsp3) is 0.321. The molecule has 3 heteroatoms. The minimum absolute atomic E-state index is 0.410. The fourth-order valence-electron chi connectivity index (χ4n) is 3.63. The first-order chi connectivity index (χ1) is 14.8. The Morgan fingerprint density at radius 2 is 1.19 bits per heavy atom. The highest BCUT2D eigenvalue weighted by atomic mass is 14.8. The summed E-state index contributed by atoms with van der Waals surface area (Å²) in [5.41, 5.74) is 9.34. The Bertz CT molecular complexity index is 1090. The number of para-hydroxylation sites is 2. The van der Waals surface area contributed by atoms with Crippen LogP contribution in [0.4, 0.5) is 11.4 Å². The molecule has 0 unspecified atom stereocenters. The Hall–Kier alpha value is -3.07. The summed E-state index contributed by atoms with van der Waals surface area (Å²) in [5.74, 6) is 0.820. The highest BCUT2D eigenvalue weighted by Crippen LogP contribution is 2.35. The molecule has 31 heavy (non-hydrogen) atoms. The minimum Gasteiger partial charge on any atom is -0.251 e.